The quantitative estimate of drug-likeness (QED) is 0.702. The van der Waals surface area contributed by atoms with Gasteiger partial charge in [0.15, 0.2) is 0 Å². The molecule has 0 aromatic carbocycles. The van der Waals surface area contributed by atoms with Gasteiger partial charge in [0.2, 0.25) is 0 Å². The monoisotopic (exact) mass is 357 g/mol. The van der Waals surface area contributed by atoms with Gasteiger partial charge in [-0.15, -0.1) is 11.3 Å². The van der Waals surface area contributed by atoms with Crippen molar-refractivity contribution < 1.29 is 8.78 Å². The summed E-state index contributed by atoms with van der Waals surface area (Å²) >= 11 is 3.37. The van der Waals surface area contributed by atoms with Crippen LogP contribution in [0.5, 0.6) is 0 Å². The first kappa shape index (κ1) is 18.0. The van der Waals surface area contributed by atoms with E-state index in [1.807, 2.05) is 23.9 Å². The maximum absolute atomic E-state index is 13.5. The van der Waals surface area contributed by atoms with Gasteiger partial charge in [-0.25, -0.2) is 0 Å². The zero-order valence-electron chi connectivity index (χ0n) is 13.5. The third kappa shape index (κ3) is 4.57. The molecule has 7 heteroatoms. The van der Waals surface area contributed by atoms with Gasteiger partial charge in [0.25, 0.3) is 5.92 Å². The molecular weight excluding hydrogens is 336 g/mol. The van der Waals surface area contributed by atoms with Crippen LogP contribution in [0.4, 0.5) is 8.78 Å². The van der Waals surface area contributed by atoms with Crippen LogP contribution in [-0.2, 0) is 13.0 Å². The SMILES string of the molecule is C=C(NCCSCC)c1ccc(-c2cc(C(C)(F)F)n(C)n2)s1. The van der Waals surface area contributed by atoms with Crippen molar-refractivity contribution in [2.24, 2.45) is 7.05 Å². The molecule has 2 aromatic rings. The van der Waals surface area contributed by atoms with Crippen LogP contribution >= 0.6 is 23.1 Å². The summed E-state index contributed by atoms with van der Waals surface area (Å²) in [6, 6.07) is 5.29. The van der Waals surface area contributed by atoms with Crippen LogP contribution in [0.1, 0.15) is 24.4 Å². The first-order valence-corrected chi connectivity index (χ1v) is 9.33. The first-order valence-electron chi connectivity index (χ1n) is 7.36. The van der Waals surface area contributed by atoms with Gasteiger partial charge in [0.05, 0.1) is 9.75 Å². The number of nitrogens with zero attached hydrogens (tertiary/aromatic N) is 2. The summed E-state index contributed by atoms with van der Waals surface area (Å²) in [6.45, 7) is 7.91. The van der Waals surface area contributed by atoms with Crippen molar-refractivity contribution in [1.82, 2.24) is 15.1 Å². The fraction of sp³-hybridized carbons (Fsp3) is 0.438. The molecule has 0 radical (unpaired) electrons. The lowest BCUT2D eigenvalue weighted by atomic mass is 10.2. The summed E-state index contributed by atoms with van der Waals surface area (Å²) in [6.07, 6.45) is 0. The minimum Gasteiger partial charge on any atom is -0.384 e. The highest BCUT2D eigenvalue weighted by atomic mass is 32.2. The van der Waals surface area contributed by atoms with Gasteiger partial charge >= 0.3 is 0 Å². The van der Waals surface area contributed by atoms with Gasteiger partial charge in [-0.1, -0.05) is 13.5 Å². The number of thiophene rings is 1. The van der Waals surface area contributed by atoms with E-state index in [0.29, 0.717) is 5.69 Å². The van der Waals surface area contributed by atoms with E-state index in [-0.39, 0.29) is 5.69 Å². The zero-order chi connectivity index (χ0) is 17.0. The Balaban J connectivity index is 2.09. The average molecular weight is 357 g/mol. The van der Waals surface area contributed by atoms with Crippen LogP contribution in [-0.4, -0.2) is 27.8 Å². The Morgan fingerprint density at radius 1 is 1.48 bits per heavy atom. The molecule has 1 N–H and O–H groups in total. The second-order valence-corrected chi connectivity index (χ2v) is 7.67. The van der Waals surface area contributed by atoms with E-state index in [2.05, 4.69) is 23.9 Å². The lowest BCUT2D eigenvalue weighted by molar-refractivity contribution is 0.00883. The number of thioether (sulfide) groups is 1. The Morgan fingerprint density at radius 2 is 2.22 bits per heavy atom. The Hall–Kier alpha value is -1.34. The van der Waals surface area contributed by atoms with E-state index in [1.165, 1.54) is 29.1 Å². The molecule has 23 heavy (non-hydrogen) atoms. The standard InChI is InChI=1S/C16H21F2N3S2/c1-5-22-9-8-19-11(2)13-6-7-14(23-13)12-10-15(16(3,17)18)21(4)20-12/h6-7,10,19H,2,5,8-9H2,1,3-4H3. The number of hydrogen-bond donors (Lipinski definition) is 1. The number of aryl methyl sites for hydroxylation is 1. The molecule has 0 unspecified atom stereocenters. The van der Waals surface area contributed by atoms with Crippen LogP contribution in [0.2, 0.25) is 0 Å². The molecule has 2 aromatic heterocycles. The molecule has 0 saturated carbocycles. The fourth-order valence-corrected chi connectivity index (χ4v) is 3.59. The molecule has 0 amide bonds. The van der Waals surface area contributed by atoms with E-state index >= 15 is 0 Å². The number of nitrogens with one attached hydrogen (secondary N) is 1. The molecule has 2 heterocycles. The van der Waals surface area contributed by atoms with Crippen LogP contribution in [0.15, 0.2) is 24.8 Å². The summed E-state index contributed by atoms with van der Waals surface area (Å²) in [5.41, 5.74) is 1.33. The van der Waals surface area contributed by atoms with Gasteiger partial charge in [0, 0.05) is 32.0 Å². The van der Waals surface area contributed by atoms with Gasteiger partial charge in [0.1, 0.15) is 11.4 Å². The Morgan fingerprint density at radius 3 is 2.83 bits per heavy atom. The molecule has 0 saturated heterocycles. The van der Waals surface area contributed by atoms with Crippen molar-refractivity contribution in [2.45, 2.75) is 19.8 Å². The van der Waals surface area contributed by atoms with Crippen molar-refractivity contribution in [3.05, 3.63) is 35.3 Å². The van der Waals surface area contributed by atoms with Crippen molar-refractivity contribution in [2.75, 3.05) is 18.1 Å². The number of rotatable bonds is 8. The number of hydrogen-bond acceptors (Lipinski definition) is 4. The summed E-state index contributed by atoms with van der Waals surface area (Å²) in [5, 5.41) is 7.49. The van der Waals surface area contributed by atoms with Gasteiger partial charge in [-0.2, -0.15) is 25.6 Å². The molecule has 0 aliphatic rings. The molecule has 2 rings (SSSR count). The Kier molecular flexibility index (Phi) is 5.86. The summed E-state index contributed by atoms with van der Waals surface area (Å²) in [5.74, 6) is -0.771. The zero-order valence-corrected chi connectivity index (χ0v) is 15.2. The predicted molar refractivity (Wildman–Crippen MR) is 96.1 cm³/mol. The van der Waals surface area contributed by atoms with Crippen LogP contribution < -0.4 is 5.32 Å². The highest BCUT2D eigenvalue weighted by Crippen LogP contribution is 2.34. The topological polar surface area (TPSA) is 29.9 Å². The third-order valence-electron chi connectivity index (χ3n) is 3.27. The lowest BCUT2D eigenvalue weighted by Gasteiger charge is -2.08. The van der Waals surface area contributed by atoms with Crippen molar-refractivity contribution in [1.29, 1.82) is 0 Å². The van der Waals surface area contributed by atoms with E-state index in [9.17, 15) is 8.78 Å². The van der Waals surface area contributed by atoms with Crippen LogP contribution in [0, 0.1) is 0 Å². The molecule has 0 aliphatic carbocycles. The van der Waals surface area contributed by atoms with Crippen molar-refractivity contribution in [3.63, 3.8) is 0 Å². The van der Waals surface area contributed by atoms with Gasteiger partial charge in [-0.3, -0.25) is 4.68 Å². The van der Waals surface area contributed by atoms with Gasteiger partial charge in [-0.05, 0) is 24.0 Å². The lowest BCUT2D eigenvalue weighted by Crippen LogP contribution is -2.14. The largest absolute Gasteiger partial charge is 0.384 e. The maximum atomic E-state index is 13.5. The fourth-order valence-electron chi connectivity index (χ4n) is 2.14. The third-order valence-corrected chi connectivity index (χ3v) is 5.34. The molecule has 0 fully saturated rings. The smallest absolute Gasteiger partial charge is 0.286 e. The normalized spacial score (nSPS) is 11.7. The molecule has 0 bridgehead atoms. The first-order chi connectivity index (χ1) is 10.8. The second-order valence-electron chi connectivity index (χ2n) is 5.19. The van der Waals surface area contributed by atoms with Crippen LogP contribution in [0.3, 0.4) is 0 Å². The highest BCUT2D eigenvalue weighted by Gasteiger charge is 2.29. The molecule has 0 atom stereocenters. The summed E-state index contributed by atoms with van der Waals surface area (Å²) in [4.78, 5) is 1.86. The molecular formula is C16H21F2N3S2. The predicted octanol–water partition coefficient (Wildman–Crippen LogP) is 4.57. The summed E-state index contributed by atoms with van der Waals surface area (Å²) < 4.78 is 28.2. The number of alkyl halides is 2. The Labute approximate surface area is 143 Å². The molecule has 0 aliphatic heterocycles. The van der Waals surface area contributed by atoms with Crippen molar-refractivity contribution >= 4 is 28.8 Å². The number of aromatic nitrogens is 2. The van der Waals surface area contributed by atoms with E-state index in [4.69, 9.17) is 0 Å². The van der Waals surface area contributed by atoms with E-state index in [1.54, 1.807) is 0 Å². The average Bonchev–Trinajstić information content (AvgIpc) is 3.09. The van der Waals surface area contributed by atoms with Crippen molar-refractivity contribution in [3.8, 4) is 10.6 Å². The minimum atomic E-state index is -2.90. The minimum absolute atomic E-state index is 0.0870. The second kappa shape index (κ2) is 7.49. The molecule has 0 spiro atoms. The summed E-state index contributed by atoms with van der Waals surface area (Å²) in [7, 11) is 1.54. The maximum Gasteiger partial charge on any atom is 0.286 e. The molecule has 126 valence electrons. The van der Waals surface area contributed by atoms with Gasteiger partial charge < -0.3 is 5.32 Å². The molecule has 3 nitrogen and oxygen atoms in total. The Bertz CT molecular complexity index is 671. The number of halogens is 2. The highest BCUT2D eigenvalue weighted by molar-refractivity contribution is 7.99. The van der Waals surface area contributed by atoms with E-state index in [0.717, 1.165) is 40.4 Å². The van der Waals surface area contributed by atoms with E-state index < -0.39 is 5.92 Å². The van der Waals surface area contributed by atoms with Crippen LogP contribution in [0.25, 0.3) is 16.3 Å².